The number of rotatable bonds is 2. The molecule has 2 fully saturated rings. The molecule has 0 spiro atoms. The lowest BCUT2D eigenvalue weighted by Crippen LogP contribution is -2.47. The van der Waals surface area contributed by atoms with Crippen molar-refractivity contribution in [2.75, 3.05) is 7.05 Å². The van der Waals surface area contributed by atoms with Crippen LogP contribution in [0.25, 0.3) is 0 Å². The van der Waals surface area contributed by atoms with Gasteiger partial charge in [0.25, 0.3) is 0 Å². The van der Waals surface area contributed by atoms with Gasteiger partial charge in [-0.3, -0.25) is 9.69 Å². The summed E-state index contributed by atoms with van der Waals surface area (Å²) in [6, 6.07) is 17.9. The third kappa shape index (κ3) is 2.89. The van der Waals surface area contributed by atoms with E-state index in [1.165, 1.54) is 17.5 Å². The molecule has 0 saturated carbocycles. The van der Waals surface area contributed by atoms with E-state index < -0.39 is 0 Å². The molecule has 0 N–H and O–H groups in total. The summed E-state index contributed by atoms with van der Waals surface area (Å²) < 4.78 is 6.22. The predicted molar refractivity (Wildman–Crippen MR) is 106 cm³/mol. The lowest BCUT2D eigenvalue weighted by atomic mass is 9.88. The maximum absolute atomic E-state index is 13.5. The van der Waals surface area contributed by atoms with Crippen LogP contribution in [0.15, 0.2) is 48.5 Å². The molecule has 1 unspecified atom stereocenters. The Morgan fingerprint density at radius 2 is 1.48 bits per heavy atom. The van der Waals surface area contributed by atoms with E-state index in [0.29, 0.717) is 12.1 Å². The second kappa shape index (κ2) is 6.79. The second-order valence-corrected chi connectivity index (χ2v) is 8.35. The number of hydrogen-bond donors (Lipinski definition) is 0. The van der Waals surface area contributed by atoms with E-state index in [9.17, 15) is 4.79 Å². The van der Waals surface area contributed by atoms with E-state index in [-0.39, 0.29) is 18.0 Å². The SMILES string of the molecule is CN1C2CC[C@@H]1[C@H](OC(=O)C1c3ccccc3CCc3ccccc31)CC2. The first kappa shape index (κ1) is 17.0. The number of benzene rings is 2. The van der Waals surface area contributed by atoms with Gasteiger partial charge in [0.05, 0.1) is 0 Å². The molecule has 1 aliphatic carbocycles. The first-order valence-corrected chi connectivity index (χ1v) is 10.3. The Bertz CT molecular complexity index is 813. The summed E-state index contributed by atoms with van der Waals surface area (Å²) in [6.07, 6.45) is 6.52. The van der Waals surface area contributed by atoms with Crippen LogP contribution in [-0.4, -0.2) is 36.1 Å². The fourth-order valence-electron chi connectivity index (χ4n) is 5.52. The summed E-state index contributed by atoms with van der Waals surface area (Å²) in [5.74, 6) is -0.370. The van der Waals surface area contributed by atoms with E-state index >= 15 is 0 Å². The van der Waals surface area contributed by atoms with Gasteiger partial charge in [0.1, 0.15) is 12.0 Å². The molecule has 3 atom stereocenters. The smallest absolute Gasteiger partial charge is 0.318 e. The van der Waals surface area contributed by atoms with Crippen LogP contribution < -0.4 is 0 Å². The van der Waals surface area contributed by atoms with Crippen LogP contribution in [0, 0.1) is 0 Å². The Balaban J connectivity index is 1.49. The Morgan fingerprint density at radius 1 is 0.889 bits per heavy atom. The van der Waals surface area contributed by atoms with E-state index in [1.807, 2.05) is 12.1 Å². The van der Waals surface area contributed by atoms with Gasteiger partial charge >= 0.3 is 5.97 Å². The molecule has 0 aromatic heterocycles. The van der Waals surface area contributed by atoms with Crippen LogP contribution in [-0.2, 0) is 22.4 Å². The zero-order chi connectivity index (χ0) is 18.4. The molecule has 2 aliphatic heterocycles. The molecule has 3 aliphatic rings. The minimum Gasteiger partial charge on any atom is -0.460 e. The first-order valence-electron chi connectivity index (χ1n) is 10.3. The summed E-state index contributed by atoms with van der Waals surface area (Å²) >= 11 is 0. The number of piperidine rings is 1. The van der Waals surface area contributed by atoms with Gasteiger partial charge in [-0.2, -0.15) is 0 Å². The van der Waals surface area contributed by atoms with Gasteiger partial charge in [0.2, 0.25) is 0 Å². The highest BCUT2D eigenvalue weighted by Crippen LogP contribution is 2.39. The second-order valence-electron chi connectivity index (χ2n) is 8.35. The van der Waals surface area contributed by atoms with Crippen LogP contribution in [0.5, 0.6) is 0 Å². The molecule has 2 heterocycles. The fraction of sp³-hybridized carbons (Fsp3) is 0.458. The van der Waals surface area contributed by atoms with Crippen LogP contribution in [0.3, 0.4) is 0 Å². The summed E-state index contributed by atoms with van der Waals surface area (Å²) in [7, 11) is 2.19. The van der Waals surface area contributed by atoms with Gasteiger partial charge in [0.15, 0.2) is 0 Å². The average molecular weight is 361 g/mol. The Hall–Kier alpha value is -2.13. The molecule has 140 valence electrons. The third-order valence-corrected chi connectivity index (χ3v) is 7.01. The molecule has 2 bridgehead atoms. The molecule has 3 nitrogen and oxygen atoms in total. The quantitative estimate of drug-likeness (QED) is 0.755. The van der Waals surface area contributed by atoms with E-state index in [2.05, 4.69) is 48.3 Å². The highest BCUT2D eigenvalue weighted by Gasteiger charge is 2.43. The normalized spacial score (nSPS) is 27.5. The van der Waals surface area contributed by atoms with Gasteiger partial charge < -0.3 is 4.74 Å². The molecule has 5 rings (SSSR count). The highest BCUT2D eigenvalue weighted by atomic mass is 16.5. The van der Waals surface area contributed by atoms with Crippen molar-refractivity contribution in [1.29, 1.82) is 0 Å². The van der Waals surface area contributed by atoms with Crippen LogP contribution in [0.2, 0.25) is 0 Å². The van der Waals surface area contributed by atoms with E-state index in [1.54, 1.807) is 0 Å². The fourth-order valence-corrected chi connectivity index (χ4v) is 5.52. The van der Waals surface area contributed by atoms with Gasteiger partial charge in [-0.1, -0.05) is 48.5 Å². The zero-order valence-corrected chi connectivity index (χ0v) is 15.9. The number of hydrogen-bond acceptors (Lipinski definition) is 3. The van der Waals surface area contributed by atoms with Gasteiger partial charge in [-0.05, 0) is 67.8 Å². The standard InChI is InChI=1S/C24H27NO2/c1-25-18-12-14-21(25)22(15-13-18)27-24(26)23-19-8-4-2-6-16(19)10-11-17-7-3-5-9-20(17)23/h2-9,18,21-23H,10-15H2,1H3/t18?,21-,22-/m1/s1. The number of ether oxygens (including phenoxy) is 1. The number of esters is 1. The molecule has 0 amide bonds. The molecule has 2 saturated heterocycles. The number of fused-ring (bicyclic) bond motifs is 4. The topological polar surface area (TPSA) is 29.5 Å². The number of carbonyl (C=O) groups is 1. The maximum Gasteiger partial charge on any atom is 0.318 e. The molecule has 0 radical (unpaired) electrons. The van der Waals surface area contributed by atoms with Crippen molar-refractivity contribution in [2.45, 2.75) is 62.6 Å². The van der Waals surface area contributed by atoms with Crippen LogP contribution in [0.4, 0.5) is 0 Å². The monoisotopic (exact) mass is 361 g/mol. The number of aryl methyl sites for hydroxylation is 2. The molecular weight excluding hydrogens is 334 g/mol. The van der Waals surface area contributed by atoms with Gasteiger partial charge in [0, 0.05) is 12.1 Å². The molecule has 2 aromatic rings. The maximum atomic E-state index is 13.5. The van der Waals surface area contributed by atoms with Crippen molar-refractivity contribution in [3.63, 3.8) is 0 Å². The van der Waals surface area contributed by atoms with Crippen molar-refractivity contribution >= 4 is 5.97 Å². The van der Waals surface area contributed by atoms with E-state index in [0.717, 1.165) is 43.2 Å². The van der Waals surface area contributed by atoms with Crippen LogP contribution in [0.1, 0.15) is 53.9 Å². The first-order chi connectivity index (χ1) is 13.2. The molecular formula is C24H27NO2. The Labute approximate surface area is 161 Å². The largest absolute Gasteiger partial charge is 0.460 e. The molecule has 2 aromatic carbocycles. The number of nitrogens with zero attached hydrogens (tertiary/aromatic N) is 1. The Morgan fingerprint density at radius 3 is 2.15 bits per heavy atom. The molecule has 3 heteroatoms. The van der Waals surface area contributed by atoms with Crippen molar-refractivity contribution in [3.8, 4) is 0 Å². The lowest BCUT2D eigenvalue weighted by molar-refractivity contribution is -0.155. The van der Waals surface area contributed by atoms with E-state index in [4.69, 9.17) is 4.74 Å². The summed E-state index contributed by atoms with van der Waals surface area (Å²) in [5.41, 5.74) is 4.80. The lowest BCUT2D eigenvalue weighted by Gasteiger charge is -2.37. The van der Waals surface area contributed by atoms with Crippen molar-refractivity contribution in [1.82, 2.24) is 4.90 Å². The van der Waals surface area contributed by atoms with Gasteiger partial charge in [-0.15, -0.1) is 0 Å². The summed E-state index contributed by atoms with van der Waals surface area (Å²) in [6.45, 7) is 0. The van der Waals surface area contributed by atoms with Crippen molar-refractivity contribution < 1.29 is 9.53 Å². The number of likely N-dealkylation sites (N-methyl/N-ethyl adjacent to an activating group) is 1. The average Bonchev–Trinajstić information content (AvgIpc) is 2.85. The van der Waals surface area contributed by atoms with Gasteiger partial charge in [-0.25, -0.2) is 0 Å². The highest BCUT2D eigenvalue weighted by molar-refractivity contribution is 5.84. The summed E-state index contributed by atoms with van der Waals surface area (Å²) in [5, 5.41) is 0. The summed E-state index contributed by atoms with van der Waals surface area (Å²) in [4.78, 5) is 15.9. The minimum absolute atomic E-state index is 0.0313. The van der Waals surface area contributed by atoms with Crippen molar-refractivity contribution in [2.24, 2.45) is 0 Å². The zero-order valence-electron chi connectivity index (χ0n) is 15.9. The van der Waals surface area contributed by atoms with Crippen LogP contribution >= 0.6 is 0 Å². The third-order valence-electron chi connectivity index (χ3n) is 7.01. The van der Waals surface area contributed by atoms with Crippen molar-refractivity contribution in [3.05, 3.63) is 70.8 Å². The minimum atomic E-state index is -0.302. The molecule has 27 heavy (non-hydrogen) atoms. The number of carbonyl (C=O) groups excluding carboxylic acids is 1. The Kier molecular flexibility index (Phi) is 4.28. The predicted octanol–water partition coefficient (Wildman–Crippen LogP) is 4.09.